The maximum Gasteiger partial charge on any atom is 0.411 e. The molecule has 1 amide bonds. The van der Waals surface area contributed by atoms with Gasteiger partial charge in [-0.15, -0.1) is 0 Å². The number of benzene rings is 2. The second-order valence-electron chi connectivity index (χ2n) is 8.68. The van der Waals surface area contributed by atoms with Gasteiger partial charge >= 0.3 is 6.09 Å². The van der Waals surface area contributed by atoms with Crippen LogP contribution in [0.4, 0.5) is 4.79 Å². The Kier molecular flexibility index (Phi) is 6.01. The number of rotatable bonds is 4. The number of nitrogens with zero attached hydrogens (tertiary/aromatic N) is 2. The Morgan fingerprint density at radius 2 is 1.97 bits per heavy atom. The Bertz CT molecular complexity index is 949. The van der Waals surface area contributed by atoms with Crippen LogP contribution in [0.3, 0.4) is 0 Å². The Hall–Kier alpha value is -2.76. The van der Waals surface area contributed by atoms with Crippen molar-refractivity contribution in [3.63, 3.8) is 0 Å². The van der Waals surface area contributed by atoms with Gasteiger partial charge in [0.2, 0.25) is 0 Å². The third kappa shape index (κ3) is 5.19. The fraction of sp³-hybridized carbons (Fsp3) is 0.391. The van der Waals surface area contributed by atoms with Gasteiger partial charge in [-0.1, -0.05) is 42.7 Å². The van der Waals surface area contributed by atoms with E-state index in [4.69, 9.17) is 12.6 Å². The maximum atomic E-state index is 12.7. The Labute approximate surface area is 174 Å². The number of carbonyl (C=O) groups excluding carboxylic acids is 1. The summed E-state index contributed by atoms with van der Waals surface area (Å²) in [7, 11) is 5.88. The minimum absolute atomic E-state index is 0.171. The van der Waals surface area contributed by atoms with Crippen molar-refractivity contribution in [2.24, 2.45) is 10.9 Å². The lowest BCUT2D eigenvalue weighted by atomic mass is 9.93. The standard InChI is InChI=1S/C23H28BN3O2/c1-15-10-21(27(14-15)22(28)29-23(2,3)4)26-20(13-25-5)18-7-6-17-12-19(24)9-8-16(17)11-18/h6-9,11-13,15,21,26H,5,10,14H2,1-4H3/b20-13-/t15-,21?/m0/s1. The zero-order valence-corrected chi connectivity index (χ0v) is 17.6. The van der Waals surface area contributed by atoms with E-state index in [0.29, 0.717) is 12.5 Å². The molecule has 1 N–H and O–H groups in total. The minimum Gasteiger partial charge on any atom is -0.444 e. The molecule has 0 aliphatic carbocycles. The molecule has 0 aromatic heterocycles. The Balaban J connectivity index is 1.86. The van der Waals surface area contributed by atoms with E-state index in [9.17, 15) is 4.79 Å². The highest BCUT2D eigenvalue weighted by Gasteiger charge is 2.36. The van der Waals surface area contributed by atoms with E-state index < -0.39 is 5.60 Å². The lowest BCUT2D eigenvalue weighted by Crippen LogP contribution is -2.46. The maximum absolute atomic E-state index is 12.7. The summed E-state index contributed by atoms with van der Waals surface area (Å²) in [6.07, 6.45) is 2.04. The molecule has 6 heteroatoms. The molecule has 0 bridgehead atoms. The van der Waals surface area contributed by atoms with Crippen molar-refractivity contribution < 1.29 is 9.53 Å². The molecule has 3 rings (SSSR count). The van der Waals surface area contributed by atoms with Crippen LogP contribution in [0.5, 0.6) is 0 Å². The number of amides is 1. The molecule has 5 nitrogen and oxygen atoms in total. The number of hydrogen-bond acceptors (Lipinski definition) is 4. The van der Waals surface area contributed by atoms with Crippen LogP contribution in [0.15, 0.2) is 47.6 Å². The van der Waals surface area contributed by atoms with Crippen molar-refractivity contribution >= 4 is 42.6 Å². The molecule has 1 saturated heterocycles. The van der Waals surface area contributed by atoms with E-state index in [-0.39, 0.29) is 12.3 Å². The van der Waals surface area contributed by atoms with Gasteiger partial charge in [0.1, 0.15) is 19.6 Å². The molecule has 2 atom stereocenters. The highest BCUT2D eigenvalue weighted by Crippen LogP contribution is 2.27. The molecule has 0 spiro atoms. The average Bonchev–Trinajstić information content (AvgIpc) is 3.00. The van der Waals surface area contributed by atoms with Crippen molar-refractivity contribution in [3.05, 3.63) is 48.2 Å². The van der Waals surface area contributed by atoms with Crippen LogP contribution >= 0.6 is 0 Å². The van der Waals surface area contributed by atoms with Crippen molar-refractivity contribution in [3.8, 4) is 0 Å². The summed E-state index contributed by atoms with van der Waals surface area (Å²) >= 11 is 0. The van der Waals surface area contributed by atoms with Gasteiger partial charge in [-0.3, -0.25) is 9.89 Å². The van der Waals surface area contributed by atoms with E-state index in [1.165, 1.54) is 0 Å². The number of fused-ring (bicyclic) bond motifs is 1. The number of carbonyl (C=O) groups is 1. The average molecular weight is 389 g/mol. The van der Waals surface area contributed by atoms with Gasteiger partial charge in [0.05, 0.1) is 5.70 Å². The van der Waals surface area contributed by atoms with Crippen molar-refractivity contribution in [1.29, 1.82) is 0 Å². The number of nitrogens with one attached hydrogen (secondary N) is 1. The van der Waals surface area contributed by atoms with Crippen LogP contribution in [0.2, 0.25) is 0 Å². The molecular weight excluding hydrogens is 361 g/mol. The number of hydrogen-bond donors (Lipinski definition) is 1. The van der Waals surface area contributed by atoms with Gasteiger partial charge in [-0.05, 0) is 62.2 Å². The molecule has 150 valence electrons. The topological polar surface area (TPSA) is 53.9 Å². The summed E-state index contributed by atoms with van der Waals surface area (Å²) in [5, 5.41) is 5.64. The Morgan fingerprint density at radius 1 is 1.28 bits per heavy atom. The first-order valence-electron chi connectivity index (χ1n) is 9.88. The first kappa shape index (κ1) is 21.0. The van der Waals surface area contributed by atoms with Gasteiger partial charge in [-0.2, -0.15) is 0 Å². The van der Waals surface area contributed by atoms with E-state index >= 15 is 0 Å². The predicted octanol–water partition coefficient (Wildman–Crippen LogP) is 3.83. The first-order valence-corrected chi connectivity index (χ1v) is 9.88. The highest BCUT2D eigenvalue weighted by molar-refractivity contribution is 6.33. The second kappa shape index (κ2) is 8.32. The molecule has 1 fully saturated rings. The van der Waals surface area contributed by atoms with E-state index in [1.807, 2.05) is 51.1 Å². The third-order valence-electron chi connectivity index (χ3n) is 4.86. The van der Waals surface area contributed by atoms with Gasteiger partial charge < -0.3 is 10.1 Å². The fourth-order valence-corrected chi connectivity index (χ4v) is 3.60. The predicted molar refractivity (Wildman–Crippen MR) is 121 cm³/mol. The van der Waals surface area contributed by atoms with Crippen molar-refractivity contribution in [2.75, 3.05) is 6.54 Å². The van der Waals surface area contributed by atoms with E-state index in [2.05, 4.69) is 30.0 Å². The lowest BCUT2D eigenvalue weighted by Gasteiger charge is -2.30. The quantitative estimate of drug-likeness (QED) is 0.639. The second-order valence-corrected chi connectivity index (χ2v) is 8.68. The van der Waals surface area contributed by atoms with E-state index in [0.717, 1.165) is 33.9 Å². The van der Waals surface area contributed by atoms with Crippen LogP contribution in [0, 0.1) is 5.92 Å². The zero-order chi connectivity index (χ0) is 21.2. The summed E-state index contributed by atoms with van der Waals surface area (Å²) in [6.45, 7) is 12.0. The molecular formula is C23H28BN3O2. The SMILES string of the molecule is [B]c1ccc2cc(/C(=C/N=C)NC3C[C@H](C)CN3C(=O)OC(C)(C)C)ccc2c1. The molecule has 29 heavy (non-hydrogen) atoms. The molecule has 2 radical (unpaired) electrons. The van der Waals surface area contributed by atoms with Crippen LogP contribution in [-0.4, -0.2) is 43.9 Å². The van der Waals surface area contributed by atoms with Crippen molar-refractivity contribution in [1.82, 2.24) is 10.2 Å². The van der Waals surface area contributed by atoms with Gasteiger partial charge in [-0.25, -0.2) is 4.79 Å². The zero-order valence-electron chi connectivity index (χ0n) is 17.6. The van der Waals surface area contributed by atoms with Gasteiger partial charge in [0.15, 0.2) is 0 Å². The molecule has 0 saturated carbocycles. The van der Waals surface area contributed by atoms with Gasteiger partial charge in [0, 0.05) is 12.7 Å². The summed E-state index contributed by atoms with van der Waals surface area (Å²) in [5.74, 6) is 0.373. The third-order valence-corrected chi connectivity index (χ3v) is 4.86. The van der Waals surface area contributed by atoms with Crippen molar-refractivity contribution in [2.45, 2.75) is 45.9 Å². The van der Waals surface area contributed by atoms with Crippen LogP contribution in [0.1, 0.15) is 39.7 Å². The summed E-state index contributed by atoms with van der Waals surface area (Å²) in [5.41, 5.74) is 1.99. The molecule has 1 unspecified atom stereocenters. The first-order chi connectivity index (χ1) is 13.7. The molecule has 2 aromatic rings. The highest BCUT2D eigenvalue weighted by atomic mass is 16.6. The van der Waals surface area contributed by atoms with Gasteiger partial charge in [0.25, 0.3) is 0 Å². The van der Waals surface area contributed by atoms with Crippen LogP contribution in [0.25, 0.3) is 16.5 Å². The molecule has 1 aliphatic rings. The molecule has 1 heterocycles. The summed E-state index contributed by atoms with van der Waals surface area (Å²) in [4.78, 5) is 18.4. The fourth-order valence-electron chi connectivity index (χ4n) is 3.60. The molecule has 1 aliphatic heterocycles. The smallest absolute Gasteiger partial charge is 0.411 e. The monoisotopic (exact) mass is 389 g/mol. The minimum atomic E-state index is -0.533. The Morgan fingerprint density at radius 3 is 2.66 bits per heavy atom. The van der Waals surface area contributed by atoms with Crippen LogP contribution < -0.4 is 10.8 Å². The summed E-state index contributed by atoms with van der Waals surface area (Å²) in [6, 6.07) is 12.0. The number of ether oxygens (including phenoxy) is 1. The number of aliphatic imine (C=N–C) groups is 1. The molecule has 2 aromatic carbocycles. The largest absolute Gasteiger partial charge is 0.444 e. The summed E-state index contributed by atoms with van der Waals surface area (Å²) < 4.78 is 5.60. The normalized spacial score (nSPS) is 20.0. The van der Waals surface area contributed by atoms with E-state index in [1.54, 1.807) is 11.1 Å². The number of likely N-dealkylation sites (tertiary alicyclic amines) is 1. The van der Waals surface area contributed by atoms with Crippen LogP contribution in [-0.2, 0) is 4.74 Å². The lowest BCUT2D eigenvalue weighted by molar-refractivity contribution is 0.0210.